The standard InChI is InChI=1S/C26H30F6.C26H33F3/c1-21(2)15-9-11-18(19(13-15)25(27,28)29)24(7,8)22(3,4)16-10-12-17(23(21,5)6)20(14-16)26(30,31)32;1-16-14-17-10-12-19(16)24(6,7)25(8,9)20-13-11-18(15-21(20)26(27,28)29)23(4,5)22(17,2)3/h9-14H,1-8H3;10-15H,1-9H3. The van der Waals surface area contributed by atoms with Crippen molar-refractivity contribution in [1.29, 1.82) is 0 Å². The molecule has 12 rings (SSSR count). The van der Waals surface area contributed by atoms with E-state index >= 15 is 0 Å². The molecule has 334 valence electrons. The Morgan fingerprint density at radius 1 is 0.279 bits per heavy atom. The summed E-state index contributed by atoms with van der Waals surface area (Å²) in [4.78, 5) is 0. The number of halogens is 9. The van der Waals surface area contributed by atoms with Crippen LogP contribution in [0.1, 0.15) is 178 Å². The smallest absolute Gasteiger partial charge is 0.166 e. The number of rotatable bonds is 0. The quantitative estimate of drug-likeness (QED) is 0.155. The van der Waals surface area contributed by atoms with E-state index in [1.54, 1.807) is 73.6 Å². The first kappa shape index (κ1) is 48.3. The average molecular weight is 859 g/mol. The highest BCUT2D eigenvalue weighted by Crippen LogP contribution is 2.56. The molecule has 0 radical (unpaired) electrons. The third-order valence-electron chi connectivity index (χ3n) is 17.0. The average Bonchev–Trinajstić information content (AvgIpc) is 3.12. The molecular weight excluding hydrogens is 796 g/mol. The molecular formula is C52H63F9. The van der Waals surface area contributed by atoms with Gasteiger partial charge in [0.15, 0.2) is 0 Å². The monoisotopic (exact) mass is 858 g/mol. The normalized spacial score (nSPS) is 21.3. The molecule has 0 saturated carbocycles. The van der Waals surface area contributed by atoms with Gasteiger partial charge in [-0.1, -0.05) is 165 Å². The van der Waals surface area contributed by atoms with Gasteiger partial charge in [-0.25, -0.2) is 0 Å². The van der Waals surface area contributed by atoms with Crippen LogP contribution in [0, 0.1) is 6.92 Å². The van der Waals surface area contributed by atoms with Gasteiger partial charge in [-0.15, -0.1) is 0 Å². The van der Waals surface area contributed by atoms with Gasteiger partial charge in [0, 0.05) is 0 Å². The molecule has 0 fully saturated rings. The van der Waals surface area contributed by atoms with Crippen LogP contribution in [-0.2, 0) is 61.8 Å². The lowest BCUT2D eigenvalue weighted by molar-refractivity contribution is -0.140. The first-order valence-corrected chi connectivity index (χ1v) is 20.9. The molecule has 0 atom stereocenters. The highest BCUT2D eigenvalue weighted by Gasteiger charge is 2.52. The predicted octanol–water partition coefficient (Wildman–Crippen LogP) is 16.4. The van der Waals surface area contributed by atoms with Crippen molar-refractivity contribution >= 4 is 0 Å². The molecule has 9 heteroatoms. The van der Waals surface area contributed by atoms with Crippen LogP contribution in [0.2, 0.25) is 0 Å². The Bertz CT molecular complexity index is 2250. The summed E-state index contributed by atoms with van der Waals surface area (Å²) in [6, 6.07) is 20.1. The first-order chi connectivity index (χ1) is 27.1. The molecule has 8 aliphatic rings. The minimum absolute atomic E-state index is 0.0746. The predicted molar refractivity (Wildman–Crippen MR) is 230 cm³/mol. The topological polar surface area (TPSA) is 0 Å². The van der Waals surface area contributed by atoms with E-state index in [1.807, 2.05) is 33.8 Å². The highest BCUT2D eigenvalue weighted by atomic mass is 19.4. The summed E-state index contributed by atoms with van der Waals surface area (Å²) in [6.07, 6.45) is -13.6. The summed E-state index contributed by atoms with van der Waals surface area (Å²) in [5.74, 6) is 0. The van der Waals surface area contributed by atoms with E-state index in [1.165, 1.54) is 18.2 Å². The van der Waals surface area contributed by atoms with Crippen molar-refractivity contribution in [2.45, 2.75) is 180 Å². The zero-order valence-corrected chi connectivity index (χ0v) is 38.8. The first-order valence-electron chi connectivity index (χ1n) is 20.9. The van der Waals surface area contributed by atoms with Crippen LogP contribution in [0.4, 0.5) is 39.5 Å². The minimum atomic E-state index is -4.59. The summed E-state index contributed by atoms with van der Waals surface area (Å²) in [5, 5.41) is 0. The Labute approximate surface area is 357 Å². The van der Waals surface area contributed by atoms with Gasteiger partial charge in [-0.05, 0) is 119 Å². The Hall–Kier alpha value is -3.75. The molecule has 4 aromatic carbocycles. The minimum Gasteiger partial charge on any atom is -0.166 e. The SMILES string of the molecule is CC1(C)c2ccc(c(C(F)(F)F)c2)C(C)(C)C(C)(C)c2ccc(c(C(F)(F)F)c2)C1(C)C.Cc1cc2ccc1C(C)(C)C(C)(C)c1ccc(cc1C(F)(F)F)C(C)(C)C2(C)C. The maximum atomic E-state index is 14.3. The fourth-order valence-electron chi connectivity index (χ4n) is 9.68. The van der Waals surface area contributed by atoms with Gasteiger partial charge in [0.05, 0.1) is 16.7 Å². The summed E-state index contributed by atoms with van der Waals surface area (Å²) in [7, 11) is 0. The number of alkyl halides is 9. The lowest BCUT2D eigenvalue weighted by atomic mass is 9.56. The molecule has 0 nitrogen and oxygen atoms in total. The summed E-state index contributed by atoms with van der Waals surface area (Å²) >= 11 is 0. The van der Waals surface area contributed by atoms with E-state index in [4.69, 9.17) is 0 Å². The zero-order chi connectivity index (χ0) is 46.9. The molecule has 0 saturated heterocycles. The van der Waals surface area contributed by atoms with E-state index < -0.39 is 73.1 Å². The molecule has 8 aliphatic carbocycles. The number of benzene rings is 4. The lowest BCUT2D eigenvalue weighted by Gasteiger charge is -2.48. The molecule has 0 amide bonds. The largest absolute Gasteiger partial charge is 0.416 e. The van der Waals surface area contributed by atoms with Crippen LogP contribution in [0.3, 0.4) is 0 Å². The summed E-state index contributed by atoms with van der Waals surface area (Å²) < 4.78 is 128. The van der Waals surface area contributed by atoms with E-state index in [9.17, 15) is 39.5 Å². The second-order valence-electron chi connectivity index (χ2n) is 21.8. The van der Waals surface area contributed by atoms with Crippen LogP contribution < -0.4 is 0 Å². The molecule has 0 heterocycles. The van der Waals surface area contributed by atoms with Crippen molar-refractivity contribution in [2.75, 3.05) is 0 Å². The maximum Gasteiger partial charge on any atom is 0.416 e. The van der Waals surface area contributed by atoms with Gasteiger partial charge in [-0.2, -0.15) is 39.5 Å². The molecule has 8 bridgehead atoms. The van der Waals surface area contributed by atoms with Crippen LogP contribution in [-0.4, -0.2) is 0 Å². The van der Waals surface area contributed by atoms with Crippen molar-refractivity contribution in [1.82, 2.24) is 0 Å². The number of hydrogen-bond acceptors (Lipinski definition) is 0. The molecule has 0 aliphatic heterocycles. The van der Waals surface area contributed by atoms with E-state index in [-0.39, 0.29) is 16.5 Å². The van der Waals surface area contributed by atoms with Gasteiger partial charge >= 0.3 is 18.5 Å². The van der Waals surface area contributed by atoms with Gasteiger partial charge in [-0.3, -0.25) is 0 Å². The number of aryl methyl sites for hydroxylation is 1. The summed E-state index contributed by atoms with van der Waals surface area (Å²) in [5.41, 5.74) is -2.99. The maximum absolute atomic E-state index is 14.3. The Balaban J connectivity index is 0.000000232. The second kappa shape index (κ2) is 14.1. The number of hydrogen-bond donors (Lipinski definition) is 0. The summed E-state index contributed by atoms with van der Waals surface area (Å²) in [6.45, 7) is 31.9. The van der Waals surface area contributed by atoms with Gasteiger partial charge in [0.25, 0.3) is 0 Å². The molecule has 61 heavy (non-hydrogen) atoms. The van der Waals surface area contributed by atoms with E-state index in [0.29, 0.717) is 16.7 Å². The molecule has 0 N–H and O–H groups in total. The van der Waals surface area contributed by atoms with Crippen LogP contribution in [0.5, 0.6) is 0 Å². The van der Waals surface area contributed by atoms with Crippen molar-refractivity contribution < 1.29 is 39.5 Å². The molecule has 0 spiro atoms. The van der Waals surface area contributed by atoms with E-state index in [2.05, 4.69) is 52.8 Å². The Morgan fingerprint density at radius 2 is 0.475 bits per heavy atom. The lowest BCUT2D eigenvalue weighted by Crippen LogP contribution is -2.45. The Kier molecular flexibility index (Phi) is 11.2. The highest BCUT2D eigenvalue weighted by molar-refractivity contribution is 5.53. The zero-order valence-electron chi connectivity index (χ0n) is 38.8. The Morgan fingerprint density at radius 3 is 0.721 bits per heavy atom. The van der Waals surface area contributed by atoms with Crippen molar-refractivity contribution in [2.24, 2.45) is 0 Å². The van der Waals surface area contributed by atoms with Crippen molar-refractivity contribution in [3.05, 3.63) is 140 Å². The van der Waals surface area contributed by atoms with Crippen LogP contribution in [0.15, 0.2) is 72.8 Å². The molecule has 0 unspecified atom stereocenters. The van der Waals surface area contributed by atoms with Gasteiger partial charge < -0.3 is 0 Å². The van der Waals surface area contributed by atoms with Crippen LogP contribution in [0.25, 0.3) is 0 Å². The fourth-order valence-corrected chi connectivity index (χ4v) is 9.68. The van der Waals surface area contributed by atoms with Crippen molar-refractivity contribution in [3.8, 4) is 0 Å². The van der Waals surface area contributed by atoms with Gasteiger partial charge in [0.2, 0.25) is 0 Å². The van der Waals surface area contributed by atoms with E-state index in [0.717, 1.165) is 34.4 Å². The second-order valence-corrected chi connectivity index (χ2v) is 21.8. The third kappa shape index (κ3) is 7.33. The molecule has 0 aromatic heterocycles. The third-order valence-corrected chi connectivity index (χ3v) is 17.0. The van der Waals surface area contributed by atoms with Crippen molar-refractivity contribution in [3.63, 3.8) is 0 Å². The molecule has 4 aromatic rings. The van der Waals surface area contributed by atoms with Crippen LogP contribution >= 0.6 is 0 Å². The van der Waals surface area contributed by atoms with Gasteiger partial charge in [0.1, 0.15) is 0 Å². The fraction of sp³-hybridized carbons (Fsp3) is 0.538.